The highest BCUT2D eigenvalue weighted by Gasteiger charge is 2.15. The van der Waals surface area contributed by atoms with E-state index in [4.69, 9.17) is 0 Å². The Morgan fingerprint density at radius 3 is 2.43 bits per heavy atom. The first-order valence-electron chi connectivity index (χ1n) is 7.98. The minimum Gasteiger partial charge on any atom is -0.309 e. The maximum Gasteiger partial charge on any atom is 0.240 e. The SMILES string of the molecule is CCCc1ccc(S(=O)(=O)NCc2ccc3c(c2)CNC3)cc1. The lowest BCUT2D eigenvalue weighted by atomic mass is 10.1. The topological polar surface area (TPSA) is 58.2 Å². The molecule has 0 radical (unpaired) electrons. The summed E-state index contributed by atoms with van der Waals surface area (Å²) >= 11 is 0. The third kappa shape index (κ3) is 3.80. The van der Waals surface area contributed by atoms with Crippen LogP contribution >= 0.6 is 0 Å². The van der Waals surface area contributed by atoms with Crippen molar-refractivity contribution in [1.29, 1.82) is 0 Å². The molecule has 0 saturated heterocycles. The van der Waals surface area contributed by atoms with Crippen LogP contribution in [0.15, 0.2) is 47.4 Å². The number of rotatable bonds is 6. The molecule has 2 N–H and O–H groups in total. The summed E-state index contributed by atoms with van der Waals surface area (Å²) < 4.78 is 27.5. The second-order valence-electron chi connectivity index (χ2n) is 5.93. The lowest BCUT2D eigenvalue weighted by molar-refractivity contribution is 0.581. The number of aryl methyl sites for hydroxylation is 1. The zero-order valence-corrected chi connectivity index (χ0v) is 14.1. The van der Waals surface area contributed by atoms with Gasteiger partial charge < -0.3 is 5.32 Å². The molecule has 0 saturated carbocycles. The van der Waals surface area contributed by atoms with E-state index in [9.17, 15) is 8.42 Å². The molecule has 0 amide bonds. The van der Waals surface area contributed by atoms with Crippen molar-refractivity contribution in [3.05, 3.63) is 64.7 Å². The Kier molecular flexibility index (Phi) is 4.80. The van der Waals surface area contributed by atoms with Crippen LogP contribution in [0.1, 0.15) is 35.6 Å². The molecule has 5 heteroatoms. The summed E-state index contributed by atoms with van der Waals surface area (Å²) in [5.74, 6) is 0. The molecular formula is C18H22N2O2S. The minimum atomic E-state index is -3.47. The van der Waals surface area contributed by atoms with Crippen LogP contribution in [0.4, 0.5) is 0 Å². The Morgan fingerprint density at radius 1 is 1.00 bits per heavy atom. The van der Waals surface area contributed by atoms with Crippen molar-refractivity contribution in [3.63, 3.8) is 0 Å². The smallest absolute Gasteiger partial charge is 0.240 e. The van der Waals surface area contributed by atoms with Crippen LogP contribution in [-0.4, -0.2) is 8.42 Å². The molecule has 2 aromatic rings. The van der Waals surface area contributed by atoms with Gasteiger partial charge in [0.05, 0.1) is 4.90 Å². The van der Waals surface area contributed by atoms with Gasteiger partial charge in [0, 0.05) is 19.6 Å². The molecule has 0 spiro atoms. The van der Waals surface area contributed by atoms with Crippen molar-refractivity contribution in [1.82, 2.24) is 10.0 Å². The molecule has 2 aromatic carbocycles. The van der Waals surface area contributed by atoms with E-state index in [0.717, 1.165) is 37.1 Å². The molecule has 1 aliphatic rings. The zero-order valence-electron chi connectivity index (χ0n) is 13.3. The number of nitrogens with one attached hydrogen (secondary N) is 2. The highest BCUT2D eigenvalue weighted by Crippen LogP contribution is 2.18. The van der Waals surface area contributed by atoms with Gasteiger partial charge in [0.15, 0.2) is 0 Å². The molecule has 1 heterocycles. The van der Waals surface area contributed by atoms with Gasteiger partial charge in [0.1, 0.15) is 0 Å². The maximum absolute atomic E-state index is 12.4. The normalized spacial score (nSPS) is 14.0. The van der Waals surface area contributed by atoms with E-state index < -0.39 is 10.0 Å². The Labute approximate surface area is 138 Å². The molecule has 23 heavy (non-hydrogen) atoms. The molecule has 4 nitrogen and oxygen atoms in total. The molecule has 122 valence electrons. The van der Waals surface area contributed by atoms with E-state index in [1.165, 1.54) is 11.1 Å². The first-order valence-corrected chi connectivity index (χ1v) is 9.47. The highest BCUT2D eigenvalue weighted by molar-refractivity contribution is 7.89. The van der Waals surface area contributed by atoms with Crippen LogP contribution in [0.2, 0.25) is 0 Å². The number of sulfonamides is 1. The van der Waals surface area contributed by atoms with E-state index in [-0.39, 0.29) is 0 Å². The molecule has 0 fully saturated rings. The third-order valence-corrected chi connectivity index (χ3v) is 5.56. The fourth-order valence-electron chi connectivity index (χ4n) is 2.84. The van der Waals surface area contributed by atoms with Gasteiger partial charge in [-0.3, -0.25) is 0 Å². The quantitative estimate of drug-likeness (QED) is 0.856. The number of hydrogen-bond donors (Lipinski definition) is 2. The standard InChI is InChI=1S/C18H22N2O2S/c1-2-3-14-5-8-18(9-6-14)23(21,22)20-11-15-4-7-16-12-19-13-17(16)10-15/h4-10,19-20H,2-3,11-13H2,1H3. The van der Waals surface area contributed by atoms with Gasteiger partial charge in [-0.2, -0.15) is 0 Å². The summed E-state index contributed by atoms with van der Waals surface area (Å²) in [6.07, 6.45) is 2.02. The third-order valence-electron chi connectivity index (χ3n) is 4.14. The molecule has 0 bridgehead atoms. The van der Waals surface area contributed by atoms with E-state index in [1.54, 1.807) is 12.1 Å². The van der Waals surface area contributed by atoms with E-state index in [0.29, 0.717) is 11.4 Å². The van der Waals surface area contributed by atoms with Crippen molar-refractivity contribution in [3.8, 4) is 0 Å². The Hall–Kier alpha value is -1.69. The molecule has 3 rings (SSSR count). The summed E-state index contributed by atoms with van der Waals surface area (Å²) in [6.45, 7) is 4.17. The summed E-state index contributed by atoms with van der Waals surface area (Å²) in [6, 6.07) is 13.3. The van der Waals surface area contributed by atoms with Crippen molar-refractivity contribution in [2.45, 2.75) is 44.3 Å². The zero-order chi connectivity index (χ0) is 16.3. The van der Waals surface area contributed by atoms with Gasteiger partial charge in [-0.15, -0.1) is 0 Å². The summed E-state index contributed by atoms with van der Waals surface area (Å²) in [7, 11) is -3.47. The molecule has 0 atom stereocenters. The Morgan fingerprint density at radius 2 is 1.70 bits per heavy atom. The van der Waals surface area contributed by atoms with Crippen molar-refractivity contribution in [2.75, 3.05) is 0 Å². The lowest BCUT2D eigenvalue weighted by Crippen LogP contribution is -2.23. The molecule has 0 unspecified atom stereocenters. The average molecular weight is 330 g/mol. The first-order chi connectivity index (χ1) is 11.1. The maximum atomic E-state index is 12.4. The molecule has 0 aliphatic carbocycles. The summed E-state index contributed by atoms with van der Waals surface area (Å²) in [5, 5.41) is 3.29. The highest BCUT2D eigenvalue weighted by atomic mass is 32.2. The van der Waals surface area contributed by atoms with Crippen LogP contribution in [0.25, 0.3) is 0 Å². The van der Waals surface area contributed by atoms with Gasteiger partial charge in [0.2, 0.25) is 10.0 Å². The Balaban J connectivity index is 1.68. The van der Waals surface area contributed by atoms with E-state index in [1.807, 2.05) is 18.2 Å². The van der Waals surface area contributed by atoms with Crippen LogP contribution < -0.4 is 10.0 Å². The van der Waals surface area contributed by atoms with Crippen molar-refractivity contribution < 1.29 is 8.42 Å². The second-order valence-corrected chi connectivity index (χ2v) is 7.69. The molecular weight excluding hydrogens is 308 g/mol. The number of benzene rings is 2. The second kappa shape index (κ2) is 6.83. The van der Waals surface area contributed by atoms with E-state index >= 15 is 0 Å². The van der Waals surface area contributed by atoms with Gasteiger partial charge in [0.25, 0.3) is 0 Å². The van der Waals surface area contributed by atoms with E-state index in [2.05, 4.69) is 29.1 Å². The monoisotopic (exact) mass is 330 g/mol. The van der Waals surface area contributed by atoms with Gasteiger partial charge in [-0.1, -0.05) is 43.7 Å². The average Bonchev–Trinajstić information content (AvgIpc) is 3.01. The van der Waals surface area contributed by atoms with Gasteiger partial charge in [-0.25, -0.2) is 13.1 Å². The predicted molar refractivity (Wildman–Crippen MR) is 91.4 cm³/mol. The van der Waals surface area contributed by atoms with Crippen molar-refractivity contribution >= 4 is 10.0 Å². The van der Waals surface area contributed by atoms with Crippen LogP contribution in [0, 0.1) is 0 Å². The fourth-order valence-corrected chi connectivity index (χ4v) is 3.86. The summed E-state index contributed by atoms with van der Waals surface area (Å²) in [5.41, 5.74) is 4.70. The predicted octanol–water partition coefficient (Wildman–Crippen LogP) is 2.72. The van der Waals surface area contributed by atoms with Gasteiger partial charge >= 0.3 is 0 Å². The van der Waals surface area contributed by atoms with Crippen molar-refractivity contribution in [2.24, 2.45) is 0 Å². The molecule has 0 aromatic heterocycles. The van der Waals surface area contributed by atoms with Gasteiger partial charge in [-0.05, 0) is 40.8 Å². The largest absolute Gasteiger partial charge is 0.309 e. The minimum absolute atomic E-state index is 0.312. The van der Waals surface area contributed by atoms with Crippen LogP contribution in [0.3, 0.4) is 0 Å². The fraction of sp³-hybridized carbons (Fsp3) is 0.333. The summed E-state index contributed by atoms with van der Waals surface area (Å²) in [4.78, 5) is 0.320. The molecule has 1 aliphatic heterocycles. The Bertz CT molecular complexity index is 783. The van der Waals surface area contributed by atoms with Crippen LogP contribution in [0.5, 0.6) is 0 Å². The number of hydrogen-bond acceptors (Lipinski definition) is 3. The lowest BCUT2D eigenvalue weighted by Gasteiger charge is -2.09. The first kappa shape index (κ1) is 16.2. The number of fused-ring (bicyclic) bond motifs is 1. The van der Waals surface area contributed by atoms with Crippen LogP contribution in [-0.2, 0) is 36.1 Å².